The summed E-state index contributed by atoms with van der Waals surface area (Å²) in [5.74, 6) is -1.21. The SMILES string of the molecule is O=C(Oc1c(Cl)cc(Cl)cc1Sc1cc(Cl)cc(Cl)c1O)c1ccccc1O.[Cd]. The Labute approximate surface area is 210 Å². The fourth-order valence-electron chi connectivity index (χ4n) is 2.24. The second kappa shape index (κ2) is 10.5. The summed E-state index contributed by atoms with van der Waals surface area (Å²) in [7, 11) is 0. The Bertz CT molecular complexity index is 1080. The van der Waals surface area contributed by atoms with Gasteiger partial charge in [-0.15, -0.1) is 0 Å². The van der Waals surface area contributed by atoms with Crippen molar-refractivity contribution in [1.29, 1.82) is 0 Å². The number of carbonyl (C=O) groups is 1. The minimum atomic E-state index is -0.808. The number of hydrogen-bond acceptors (Lipinski definition) is 5. The van der Waals surface area contributed by atoms with E-state index < -0.39 is 5.97 Å². The van der Waals surface area contributed by atoms with Crippen LogP contribution in [-0.2, 0) is 27.3 Å². The van der Waals surface area contributed by atoms with Crippen molar-refractivity contribution >= 4 is 64.1 Å². The second-order valence-corrected chi connectivity index (χ2v) is 8.23. The topological polar surface area (TPSA) is 66.8 Å². The molecule has 0 aliphatic heterocycles. The molecule has 0 spiro atoms. The van der Waals surface area contributed by atoms with Crippen molar-refractivity contribution in [2.24, 2.45) is 0 Å². The van der Waals surface area contributed by atoms with Crippen molar-refractivity contribution in [2.45, 2.75) is 9.79 Å². The molecule has 3 rings (SSSR count). The van der Waals surface area contributed by atoms with Gasteiger partial charge in [0.05, 0.1) is 19.8 Å². The Morgan fingerprint density at radius 2 is 1.45 bits per heavy atom. The number of halogens is 4. The van der Waals surface area contributed by atoms with Crippen LogP contribution in [0.5, 0.6) is 17.2 Å². The first-order valence-corrected chi connectivity index (χ1v) is 9.94. The predicted octanol–water partition coefficient (Wildman–Crippen LogP) is 7.08. The second-order valence-electron chi connectivity index (χ2n) is 5.46. The number of phenols is 2. The first-order valence-electron chi connectivity index (χ1n) is 7.61. The quantitative estimate of drug-likeness (QED) is 0.194. The van der Waals surface area contributed by atoms with Crippen LogP contribution < -0.4 is 4.74 Å². The van der Waals surface area contributed by atoms with Gasteiger partial charge in [-0.25, -0.2) is 4.79 Å². The number of carbonyl (C=O) groups excluding carboxylic acids is 1. The van der Waals surface area contributed by atoms with Crippen LogP contribution in [0.2, 0.25) is 20.1 Å². The molecule has 0 saturated heterocycles. The molecule has 0 saturated carbocycles. The molecule has 0 aliphatic carbocycles. The first kappa shape index (κ1) is 24.4. The van der Waals surface area contributed by atoms with Gasteiger partial charge >= 0.3 is 5.97 Å². The third-order valence-electron chi connectivity index (χ3n) is 3.51. The van der Waals surface area contributed by atoms with Crippen LogP contribution in [-0.4, -0.2) is 16.2 Å². The largest absolute Gasteiger partial charge is 0.507 e. The fourth-order valence-corrected chi connectivity index (χ4v) is 4.57. The number of rotatable bonds is 4. The summed E-state index contributed by atoms with van der Waals surface area (Å²) >= 11 is 25.3. The molecule has 0 fully saturated rings. The van der Waals surface area contributed by atoms with Gasteiger partial charge in [-0.2, -0.15) is 0 Å². The number of benzene rings is 3. The molecule has 0 radical (unpaired) electrons. The van der Waals surface area contributed by atoms with Crippen LogP contribution >= 0.6 is 58.2 Å². The van der Waals surface area contributed by atoms with E-state index in [1.807, 2.05) is 0 Å². The standard InChI is InChI=1S/C19H10Cl4O4S.Cd/c20-9-5-12(22)17(25)15(7-9)28-16-8-10(21)6-13(23)18(16)27-19(26)11-3-1-2-4-14(11)24;/h1-8,24-25H;. The average molecular weight is 589 g/mol. The van der Waals surface area contributed by atoms with E-state index in [2.05, 4.69) is 0 Å². The molecular weight excluding hydrogens is 578 g/mol. The normalized spacial score (nSPS) is 10.3. The molecule has 3 aromatic rings. The Kier molecular flexibility index (Phi) is 8.81. The van der Waals surface area contributed by atoms with Crippen LogP contribution in [0, 0.1) is 0 Å². The van der Waals surface area contributed by atoms with E-state index in [0.29, 0.717) is 19.8 Å². The molecule has 2 N–H and O–H groups in total. The molecule has 0 unspecified atom stereocenters. The van der Waals surface area contributed by atoms with E-state index in [0.717, 1.165) is 11.8 Å². The zero-order valence-electron chi connectivity index (χ0n) is 14.5. The van der Waals surface area contributed by atoms with Gasteiger partial charge < -0.3 is 14.9 Å². The third-order valence-corrected chi connectivity index (χ3v) is 5.57. The minimum Gasteiger partial charge on any atom is -0.507 e. The van der Waals surface area contributed by atoms with Gasteiger partial charge in [0.1, 0.15) is 17.1 Å². The van der Waals surface area contributed by atoms with Crippen molar-refractivity contribution in [3.05, 3.63) is 74.2 Å². The van der Waals surface area contributed by atoms with Crippen LogP contribution in [0.15, 0.2) is 58.3 Å². The van der Waals surface area contributed by atoms with Crippen LogP contribution in [0.25, 0.3) is 0 Å². The molecule has 0 atom stereocenters. The van der Waals surface area contributed by atoms with Crippen LogP contribution in [0.3, 0.4) is 0 Å². The maximum absolute atomic E-state index is 12.5. The van der Waals surface area contributed by atoms with E-state index in [-0.39, 0.29) is 60.2 Å². The number of esters is 1. The van der Waals surface area contributed by atoms with Gasteiger partial charge in [-0.1, -0.05) is 70.3 Å². The zero-order valence-corrected chi connectivity index (χ0v) is 22.3. The summed E-state index contributed by atoms with van der Waals surface area (Å²) in [4.78, 5) is 13.1. The van der Waals surface area contributed by atoms with Crippen molar-refractivity contribution in [2.75, 3.05) is 0 Å². The third kappa shape index (κ3) is 5.86. The summed E-state index contributed by atoms with van der Waals surface area (Å²) in [6.07, 6.45) is 0. The van der Waals surface area contributed by atoms with E-state index in [1.165, 1.54) is 36.4 Å². The maximum Gasteiger partial charge on any atom is 0.347 e. The number of para-hydroxylation sites is 1. The number of hydrogen-bond donors (Lipinski definition) is 2. The Morgan fingerprint density at radius 3 is 2.10 bits per heavy atom. The summed E-state index contributed by atoms with van der Waals surface area (Å²) in [5, 5.41) is 20.8. The van der Waals surface area contributed by atoms with Crippen LogP contribution in [0.4, 0.5) is 0 Å². The van der Waals surface area contributed by atoms with Gasteiger partial charge in [0.25, 0.3) is 0 Å². The predicted molar refractivity (Wildman–Crippen MR) is 112 cm³/mol. The molecule has 0 bridgehead atoms. The first-order chi connectivity index (χ1) is 13.3. The van der Waals surface area contributed by atoms with Gasteiger partial charge in [-0.05, 0) is 36.4 Å². The summed E-state index contributed by atoms with van der Waals surface area (Å²) < 4.78 is 5.41. The maximum atomic E-state index is 12.5. The van der Waals surface area contributed by atoms with Crippen molar-refractivity contribution in [3.63, 3.8) is 0 Å². The molecule has 146 valence electrons. The molecular formula is C19H10CdCl4O4S. The Hall–Kier alpha value is -0.838. The number of aromatic hydroxyl groups is 2. The molecule has 0 aliphatic rings. The number of phenolic OH excluding ortho intramolecular Hbond substituents is 2. The Balaban J connectivity index is 0.00000300. The van der Waals surface area contributed by atoms with E-state index in [1.54, 1.807) is 12.1 Å². The van der Waals surface area contributed by atoms with Gasteiger partial charge in [0.15, 0.2) is 5.75 Å². The van der Waals surface area contributed by atoms with Gasteiger partial charge in [-0.3, -0.25) is 0 Å². The minimum absolute atomic E-state index is 0. The smallest absolute Gasteiger partial charge is 0.347 e. The van der Waals surface area contributed by atoms with Crippen molar-refractivity contribution in [1.82, 2.24) is 0 Å². The molecule has 0 heterocycles. The van der Waals surface area contributed by atoms with Gasteiger partial charge in [0, 0.05) is 37.3 Å². The van der Waals surface area contributed by atoms with Crippen molar-refractivity contribution in [3.8, 4) is 17.2 Å². The van der Waals surface area contributed by atoms with Crippen molar-refractivity contribution < 1.29 is 47.0 Å². The van der Waals surface area contributed by atoms with Gasteiger partial charge in [0.2, 0.25) is 0 Å². The molecule has 4 nitrogen and oxygen atoms in total. The van der Waals surface area contributed by atoms with Crippen LogP contribution in [0.1, 0.15) is 10.4 Å². The number of ether oxygens (including phenoxy) is 1. The molecule has 10 heteroatoms. The van der Waals surface area contributed by atoms with E-state index >= 15 is 0 Å². The summed E-state index contributed by atoms with van der Waals surface area (Å²) in [5.41, 5.74) is -0.0295. The Morgan fingerprint density at radius 1 is 0.862 bits per heavy atom. The molecule has 0 amide bonds. The molecule has 29 heavy (non-hydrogen) atoms. The average Bonchev–Trinajstić information content (AvgIpc) is 2.62. The molecule has 0 aromatic heterocycles. The van der Waals surface area contributed by atoms with E-state index in [9.17, 15) is 15.0 Å². The summed E-state index contributed by atoms with van der Waals surface area (Å²) in [6, 6.07) is 11.8. The zero-order chi connectivity index (χ0) is 20.4. The monoisotopic (exact) mass is 588 g/mol. The summed E-state index contributed by atoms with van der Waals surface area (Å²) in [6.45, 7) is 0. The fraction of sp³-hybridized carbons (Fsp3) is 0. The van der Waals surface area contributed by atoms with E-state index in [4.69, 9.17) is 51.1 Å². The molecule has 3 aromatic carbocycles.